The van der Waals surface area contributed by atoms with Gasteiger partial charge in [0.05, 0.1) is 4.90 Å². The standard InChI is InChI=1S/C20H17FN4O5S/c21-14-9-7-13(8-10-14)20-24-23-17(30-20)12-29-18(26)6-3-11-22-19-15-4-1-2-5-16(15)31(27,28)25-19/h1-2,4-5,7-10H,3,6,11-12H2,(H,22,25). The van der Waals surface area contributed by atoms with Crippen molar-refractivity contribution in [1.29, 1.82) is 0 Å². The van der Waals surface area contributed by atoms with Gasteiger partial charge < -0.3 is 9.15 Å². The average Bonchev–Trinajstić information content (AvgIpc) is 3.33. The van der Waals surface area contributed by atoms with Crippen molar-refractivity contribution in [2.24, 2.45) is 4.99 Å². The number of nitrogens with zero attached hydrogens (tertiary/aromatic N) is 3. The van der Waals surface area contributed by atoms with Gasteiger partial charge in [-0.25, -0.2) is 12.8 Å². The van der Waals surface area contributed by atoms with Crippen molar-refractivity contribution >= 4 is 21.8 Å². The molecule has 0 unspecified atom stereocenters. The molecule has 2 aromatic carbocycles. The molecule has 1 aromatic heterocycles. The van der Waals surface area contributed by atoms with Gasteiger partial charge in [0.2, 0.25) is 5.89 Å². The predicted molar refractivity (Wildman–Crippen MR) is 107 cm³/mol. The summed E-state index contributed by atoms with van der Waals surface area (Å²) in [6.07, 6.45) is 0.459. The fraction of sp³-hybridized carbons (Fsp3) is 0.200. The molecule has 31 heavy (non-hydrogen) atoms. The Labute approximate surface area is 177 Å². The lowest BCUT2D eigenvalue weighted by atomic mass is 10.2. The van der Waals surface area contributed by atoms with Crippen LogP contribution in [0.15, 0.2) is 62.8 Å². The Morgan fingerprint density at radius 1 is 1.13 bits per heavy atom. The van der Waals surface area contributed by atoms with Gasteiger partial charge in [-0.2, -0.15) is 0 Å². The highest BCUT2D eigenvalue weighted by molar-refractivity contribution is 7.90. The maximum Gasteiger partial charge on any atom is 0.306 e. The number of hydrogen-bond acceptors (Lipinski definition) is 8. The molecule has 0 saturated heterocycles. The molecule has 1 aliphatic rings. The van der Waals surface area contributed by atoms with Gasteiger partial charge >= 0.3 is 5.97 Å². The monoisotopic (exact) mass is 444 g/mol. The Bertz CT molecular complexity index is 1240. The average molecular weight is 444 g/mol. The fourth-order valence-electron chi connectivity index (χ4n) is 2.90. The lowest BCUT2D eigenvalue weighted by Crippen LogP contribution is -2.22. The molecule has 9 nitrogen and oxygen atoms in total. The van der Waals surface area contributed by atoms with Crippen LogP contribution in [0.3, 0.4) is 0 Å². The Kier molecular flexibility index (Phi) is 5.76. The molecular weight excluding hydrogens is 427 g/mol. The summed E-state index contributed by atoms with van der Waals surface area (Å²) in [6.45, 7) is 0.0608. The van der Waals surface area contributed by atoms with Gasteiger partial charge in [0.1, 0.15) is 11.7 Å². The minimum atomic E-state index is -3.58. The third-order valence-electron chi connectivity index (χ3n) is 4.39. The molecule has 0 radical (unpaired) electrons. The molecule has 0 spiro atoms. The van der Waals surface area contributed by atoms with Crippen LogP contribution >= 0.6 is 0 Å². The highest BCUT2D eigenvalue weighted by Crippen LogP contribution is 2.22. The van der Waals surface area contributed by atoms with Crippen molar-refractivity contribution in [3.8, 4) is 11.5 Å². The van der Waals surface area contributed by atoms with Crippen LogP contribution in [0.25, 0.3) is 11.5 Å². The Morgan fingerprint density at radius 2 is 1.90 bits per heavy atom. The van der Waals surface area contributed by atoms with Crippen LogP contribution in [-0.4, -0.2) is 37.0 Å². The summed E-state index contributed by atoms with van der Waals surface area (Å²) in [6, 6.07) is 12.1. The van der Waals surface area contributed by atoms with Crippen LogP contribution in [0.1, 0.15) is 24.3 Å². The van der Waals surface area contributed by atoms with E-state index in [-0.39, 0.29) is 47.9 Å². The normalized spacial score (nSPS) is 15.5. The number of fused-ring (bicyclic) bond motifs is 1. The third kappa shape index (κ3) is 4.77. The van der Waals surface area contributed by atoms with Crippen LogP contribution in [0.2, 0.25) is 0 Å². The zero-order chi connectivity index (χ0) is 21.8. The first-order valence-electron chi connectivity index (χ1n) is 9.33. The number of sulfonamides is 1. The van der Waals surface area contributed by atoms with Crippen molar-refractivity contribution in [3.63, 3.8) is 0 Å². The molecule has 0 bridgehead atoms. The second kappa shape index (κ2) is 8.64. The summed E-state index contributed by atoms with van der Waals surface area (Å²) in [5, 5.41) is 7.64. The molecule has 0 fully saturated rings. The number of halogens is 1. The molecule has 3 aromatic rings. The summed E-state index contributed by atoms with van der Waals surface area (Å²) >= 11 is 0. The highest BCUT2D eigenvalue weighted by atomic mass is 32.2. The second-order valence-corrected chi connectivity index (χ2v) is 8.25. The number of aromatic nitrogens is 2. The molecular formula is C20H17FN4O5S. The Hall–Kier alpha value is -3.60. The van der Waals surface area contributed by atoms with Crippen LogP contribution in [0, 0.1) is 5.82 Å². The number of carbonyl (C=O) groups is 1. The van der Waals surface area contributed by atoms with Crippen molar-refractivity contribution in [3.05, 3.63) is 65.8 Å². The maximum absolute atomic E-state index is 13.0. The molecule has 2 heterocycles. The van der Waals surface area contributed by atoms with Gasteiger partial charge in [-0.1, -0.05) is 12.1 Å². The number of aliphatic imine (C=N–C) groups is 1. The summed E-state index contributed by atoms with van der Waals surface area (Å²) in [7, 11) is -3.58. The van der Waals surface area contributed by atoms with Crippen molar-refractivity contribution in [2.75, 3.05) is 6.54 Å². The van der Waals surface area contributed by atoms with E-state index in [1.807, 2.05) is 0 Å². The molecule has 4 rings (SSSR count). The van der Waals surface area contributed by atoms with E-state index < -0.39 is 16.0 Å². The molecule has 160 valence electrons. The number of rotatable bonds is 7. The number of esters is 1. The van der Waals surface area contributed by atoms with Gasteiger partial charge in [0, 0.05) is 24.1 Å². The van der Waals surface area contributed by atoms with Crippen LogP contribution in [-0.2, 0) is 26.2 Å². The zero-order valence-corrected chi connectivity index (χ0v) is 16.9. The largest absolute Gasteiger partial charge is 0.456 e. The lowest BCUT2D eigenvalue weighted by Gasteiger charge is -2.02. The predicted octanol–water partition coefficient (Wildman–Crippen LogP) is 2.44. The van der Waals surface area contributed by atoms with Crippen molar-refractivity contribution < 1.29 is 26.8 Å². The molecule has 0 saturated carbocycles. The summed E-state index contributed by atoms with van der Waals surface area (Å²) in [4.78, 5) is 16.3. The smallest absolute Gasteiger partial charge is 0.306 e. The van der Waals surface area contributed by atoms with Crippen LogP contribution < -0.4 is 4.72 Å². The van der Waals surface area contributed by atoms with E-state index in [1.165, 1.54) is 30.3 Å². The highest BCUT2D eigenvalue weighted by Gasteiger charge is 2.29. The van der Waals surface area contributed by atoms with Gasteiger partial charge in [-0.05, 0) is 42.8 Å². The quantitative estimate of drug-likeness (QED) is 0.438. The summed E-state index contributed by atoms with van der Waals surface area (Å²) < 4.78 is 49.9. The van der Waals surface area contributed by atoms with E-state index in [0.717, 1.165) is 0 Å². The molecule has 1 N–H and O–H groups in total. The number of ether oxygens (including phenoxy) is 1. The minimum absolute atomic E-state index is 0.0874. The maximum atomic E-state index is 13.0. The first kappa shape index (κ1) is 20.7. The summed E-state index contributed by atoms with van der Waals surface area (Å²) in [5.74, 6) is -0.277. The number of amidine groups is 1. The number of hydrogen-bond donors (Lipinski definition) is 1. The van der Waals surface area contributed by atoms with E-state index in [4.69, 9.17) is 9.15 Å². The second-order valence-electron chi connectivity index (χ2n) is 6.60. The van der Waals surface area contributed by atoms with E-state index in [1.54, 1.807) is 18.2 Å². The van der Waals surface area contributed by atoms with Gasteiger partial charge in [-0.3, -0.25) is 14.5 Å². The topological polar surface area (TPSA) is 124 Å². The Balaban J connectivity index is 1.25. The number of carbonyl (C=O) groups excluding carboxylic acids is 1. The van der Waals surface area contributed by atoms with Gasteiger partial charge in [-0.15, -0.1) is 10.2 Å². The molecule has 0 aliphatic carbocycles. The minimum Gasteiger partial charge on any atom is -0.456 e. The SMILES string of the molecule is O=C(CCCN=C1NS(=O)(=O)c2ccccc21)OCc1nnc(-c2ccc(F)cc2)o1. The van der Waals surface area contributed by atoms with Crippen LogP contribution in [0.4, 0.5) is 4.39 Å². The molecule has 0 atom stereocenters. The molecule has 1 aliphatic heterocycles. The molecule has 0 amide bonds. The van der Waals surface area contributed by atoms with E-state index in [0.29, 0.717) is 17.5 Å². The van der Waals surface area contributed by atoms with Crippen LogP contribution in [0.5, 0.6) is 0 Å². The number of benzene rings is 2. The lowest BCUT2D eigenvalue weighted by molar-refractivity contribution is -0.145. The fourth-order valence-corrected chi connectivity index (χ4v) is 4.15. The van der Waals surface area contributed by atoms with Gasteiger partial charge in [0.15, 0.2) is 6.61 Å². The first-order chi connectivity index (χ1) is 14.9. The van der Waals surface area contributed by atoms with Gasteiger partial charge in [0.25, 0.3) is 15.9 Å². The summed E-state index contributed by atoms with van der Waals surface area (Å²) in [5.41, 5.74) is 1.06. The van der Waals surface area contributed by atoms with E-state index in [2.05, 4.69) is 19.9 Å². The molecule has 11 heteroatoms. The van der Waals surface area contributed by atoms with Crippen molar-refractivity contribution in [1.82, 2.24) is 14.9 Å². The Morgan fingerprint density at radius 3 is 2.71 bits per heavy atom. The van der Waals surface area contributed by atoms with Crippen molar-refractivity contribution in [2.45, 2.75) is 24.3 Å². The number of nitrogens with one attached hydrogen (secondary N) is 1. The van der Waals surface area contributed by atoms with E-state index >= 15 is 0 Å². The van der Waals surface area contributed by atoms with E-state index in [9.17, 15) is 17.6 Å². The zero-order valence-electron chi connectivity index (χ0n) is 16.1. The third-order valence-corrected chi connectivity index (χ3v) is 5.78. The first-order valence-corrected chi connectivity index (χ1v) is 10.8.